The maximum absolute atomic E-state index is 13.6. The molecule has 0 aliphatic carbocycles. The molecule has 0 unspecified atom stereocenters. The zero-order valence-corrected chi connectivity index (χ0v) is 17.8. The summed E-state index contributed by atoms with van der Waals surface area (Å²) >= 11 is 4.33. The first kappa shape index (κ1) is 21.5. The number of amidine groups is 1. The number of aromatic nitrogens is 2. The Morgan fingerprint density at radius 2 is 2.28 bits per heavy atom. The van der Waals surface area contributed by atoms with Crippen LogP contribution < -0.4 is 15.4 Å². The molecule has 10 nitrogen and oxygen atoms in total. The number of nitrogens with zero attached hydrogens (tertiary/aromatic N) is 5. The minimum atomic E-state index is -0.461. The third-order valence-corrected chi connectivity index (χ3v) is 5.61. The molecule has 0 spiro atoms. The summed E-state index contributed by atoms with van der Waals surface area (Å²) in [5, 5.41) is 20.6. The Morgan fingerprint density at radius 3 is 2.90 bits per heavy atom. The van der Waals surface area contributed by atoms with Gasteiger partial charge in [0.05, 0.1) is 10.2 Å². The molecule has 0 radical (unpaired) electrons. The number of carbonyl (C=O) groups excluding carboxylic acids is 1. The van der Waals surface area contributed by atoms with E-state index in [1.54, 1.807) is 0 Å². The van der Waals surface area contributed by atoms with Gasteiger partial charge in [-0.1, -0.05) is 5.16 Å². The number of oxime groups is 1. The molecule has 156 valence electrons. The largest absolute Gasteiger partial charge is 0.397 e. The maximum atomic E-state index is 13.6. The van der Waals surface area contributed by atoms with Crippen molar-refractivity contribution in [1.29, 1.82) is 0 Å². The van der Waals surface area contributed by atoms with Gasteiger partial charge < -0.3 is 10.2 Å². The van der Waals surface area contributed by atoms with Crippen LogP contribution in [0.15, 0.2) is 32.5 Å². The van der Waals surface area contributed by atoms with E-state index in [1.807, 2.05) is 0 Å². The Balaban J connectivity index is 1.86. The molecule has 0 bridgehead atoms. The highest BCUT2D eigenvalue weighted by molar-refractivity contribution is 9.10. The fourth-order valence-electron chi connectivity index (χ4n) is 2.88. The van der Waals surface area contributed by atoms with Crippen molar-refractivity contribution in [1.82, 2.24) is 14.6 Å². The van der Waals surface area contributed by atoms with Crippen molar-refractivity contribution in [3.8, 4) is 0 Å². The Kier molecular flexibility index (Phi) is 7.41. The van der Waals surface area contributed by atoms with Gasteiger partial charge in [0.25, 0.3) is 0 Å². The van der Waals surface area contributed by atoms with E-state index in [9.17, 15) is 9.18 Å². The lowest BCUT2D eigenvalue weighted by atomic mass is 10.1. The number of benzene rings is 1. The molecule has 1 saturated heterocycles. The molecule has 29 heavy (non-hydrogen) atoms. The molecule has 1 aromatic heterocycles. The molecule has 1 aliphatic rings. The lowest BCUT2D eigenvalue weighted by Crippen LogP contribution is -2.37. The van der Waals surface area contributed by atoms with Gasteiger partial charge >= 0.3 is 0 Å². The summed E-state index contributed by atoms with van der Waals surface area (Å²) in [7, 11) is 1.34. The second-order valence-electron chi connectivity index (χ2n) is 6.09. The number of amides is 1. The Bertz CT molecular complexity index is 876. The molecule has 0 atom stereocenters. The van der Waals surface area contributed by atoms with Crippen LogP contribution in [-0.4, -0.2) is 53.1 Å². The minimum Gasteiger partial charge on any atom is -0.397 e. The van der Waals surface area contributed by atoms with Crippen molar-refractivity contribution in [3.05, 3.63) is 34.2 Å². The molecule has 0 saturated carbocycles. The Morgan fingerprint density at radius 1 is 1.52 bits per heavy atom. The lowest BCUT2D eigenvalue weighted by molar-refractivity contribution is -0.106. The van der Waals surface area contributed by atoms with Crippen LogP contribution in [0.3, 0.4) is 0 Å². The van der Waals surface area contributed by atoms with Gasteiger partial charge in [-0.25, -0.2) is 13.3 Å². The average Bonchev–Trinajstić information content (AvgIpc) is 3.19. The average molecular weight is 488 g/mol. The smallest absolute Gasteiger partial charge is 0.220 e. The summed E-state index contributed by atoms with van der Waals surface area (Å²) in [5.74, 6) is -0.0929. The fourth-order valence-corrected chi connectivity index (χ4v) is 3.67. The van der Waals surface area contributed by atoms with Crippen molar-refractivity contribution < 1.29 is 18.7 Å². The lowest BCUT2D eigenvalue weighted by Gasteiger charge is -2.30. The van der Waals surface area contributed by atoms with Crippen molar-refractivity contribution in [2.45, 2.75) is 18.9 Å². The third kappa shape index (κ3) is 5.04. The van der Waals surface area contributed by atoms with Crippen LogP contribution >= 0.6 is 28.1 Å². The number of nitrogens with two attached hydrogens (primary N) is 1. The normalized spacial score (nSPS) is 15.9. The molecule has 1 aliphatic heterocycles. The van der Waals surface area contributed by atoms with E-state index in [-0.39, 0.29) is 22.0 Å². The molecule has 1 aromatic carbocycles. The Labute approximate surface area is 178 Å². The quantitative estimate of drug-likeness (QED) is 0.199. The predicted octanol–water partition coefficient (Wildman–Crippen LogP) is 2.34. The number of nitrogens with one attached hydrogen (secondary N) is 1. The SMILES string of the molecule is CO/N=C(/c1nonc1NC1CCN(SN)CC1)N(C=O)c1ccc(F)c(Br)c1. The van der Waals surface area contributed by atoms with Gasteiger partial charge in [-0.15, -0.1) is 0 Å². The Hall–Kier alpha value is -2.22. The van der Waals surface area contributed by atoms with Crippen molar-refractivity contribution in [2.24, 2.45) is 10.3 Å². The predicted molar refractivity (Wildman–Crippen MR) is 110 cm³/mol. The number of piperidine rings is 1. The zero-order valence-electron chi connectivity index (χ0n) is 15.4. The van der Waals surface area contributed by atoms with Gasteiger partial charge in [0.2, 0.25) is 18.1 Å². The first-order valence-corrected chi connectivity index (χ1v) is 10.2. The van der Waals surface area contributed by atoms with Crippen molar-refractivity contribution >= 4 is 51.8 Å². The molecular formula is C16H19BrFN7O3S. The summed E-state index contributed by atoms with van der Waals surface area (Å²) in [4.78, 5) is 17.9. The molecule has 1 fully saturated rings. The monoisotopic (exact) mass is 487 g/mol. The first-order chi connectivity index (χ1) is 14.1. The second kappa shape index (κ2) is 10.0. The number of rotatable bonds is 7. The number of halogens is 2. The third-order valence-electron chi connectivity index (χ3n) is 4.34. The van der Waals surface area contributed by atoms with Gasteiger partial charge in [0.1, 0.15) is 12.9 Å². The van der Waals surface area contributed by atoms with E-state index in [4.69, 9.17) is 14.6 Å². The summed E-state index contributed by atoms with van der Waals surface area (Å²) in [6.07, 6.45) is 2.21. The standard InChI is InChI=1S/C16H19BrFN7O3S/c1-27-23-16(25(9-26)11-2-3-13(18)12(17)8-11)14-15(22-28-21-14)20-10-4-6-24(29-19)7-5-10/h2-3,8-10H,4-7,19H2,1H3,(H,20,22)/b23-16-. The highest BCUT2D eigenvalue weighted by Crippen LogP contribution is 2.26. The van der Waals surface area contributed by atoms with Crippen molar-refractivity contribution in [3.63, 3.8) is 0 Å². The van der Waals surface area contributed by atoms with Gasteiger partial charge in [0.15, 0.2) is 5.69 Å². The highest BCUT2D eigenvalue weighted by atomic mass is 79.9. The second-order valence-corrected chi connectivity index (χ2v) is 7.67. The summed E-state index contributed by atoms with van der Waals surface area (Å²) in [6, 6.07) is 4.22. The summed E-state index contributed by atoms with van der Waals surface area (Å²) < 4.78 is 20.7. The minimum absolute atomic E-state index is 0.0414. The van der Waals surface area contributed by atoms with Crippen LogP contribution in [0.1, 0.15) is 18.5 Å². The van der Waals surface area contributed by atoms with Crippen molar-refractivity contribution in [2.75, 3.05) is 30.4 Å². The number of hydrogen-bond donors (Lipinski definition) is 2. The number of hydrogen-bond acceptors (Lipinski definition) is 10. The van der Waals surface area contributed by atoms with Crippen LogP contribution in [0.4, 0.5) is 15.9 Å². The van der Waals surface area contributed by atoms with E-state index in [0.717, 1.165) is 30.8 Å². The molecule has 1 amide bonds. The van der Waals surface area contributed by atoms with Crippen LogP contribution in [0.5, 0.6) is 0 Å². The zero-order chi connectivity index (χ0) is 20.8. The van der Waals surface area contributed by atoms with Crippen LogP contribution in [0, 0.1) is 5.82 Å². The summed E-state index contributed by atoms with van der Waals surface area (Å²) in [5.41, 5.74) is 0.543. The van der Waals surface area contributed by atoms with Crippen LogP contribution in [-0.2, 0) is 9.63 Å². The molecule has 13 heteroatoms. The van der Waals surface area contributed by atoms with E-state index < -0.39 is 5.82 Å². The topological polar surface area (TPSA) is 122 Å². The summed E-state index contributed by atoms with van der Waals surface area (Å²) in [6.45, 7) is 1.64. The van der Waals surface area contributed by atoms with E-state index in [2.05, 4.69) is 41.0 Å². The number of carbonyl (C=O) groups is 1. The molecule has 2 heterocycles. The highest BCUT2D eigenvalue weighted by Gasteiger charge is 2.27. The van der Waals surface area contributed by atoms with E-state index in [1.165, 1.54) is 37.4 Å². The van der Waals surface area contributed by atoms with Gasteiger partial charge in [0, 0.05) is 31.3 Å². The van der Waals surface area contributed by atoms with Gasteiger partial charge in [-0.2, -0.15) is 0 Å². The number of anilines is 2. The van der Waals surface area contributed by atoms with Crippen LogP contribution in [0.2, 0.25) is 0 Å². The molecular weight excluding hydrogens is 469 g/mol. The molecule has 3 rings (SSSR count). The van der Waals surface area contributed by atoms with Gasteiger partial charge in [-0.3, -0.25) is 14.8 Å². The van der Waals surface area contributed by atoms with E-state index in [0.29, 0.717) is 17.9 Å². The first-order valence-electron chi connectivity index (χ1n) is 8.59. The molecule has 2 aromatic rings. The fraction of sp³-hybridized carbons (Fsp3) is 0.375. The van der Waals surface area contributed by atoms with Gasteiger partial charge in [-0.05, 0) is 57.3 Å². The van der Waals surface area contributed by atoms with E-state index >= 15 is 0 Å². The maximum Gasteiger partial charge on any atom is 0.220 e. The molecule has 3 N–H and O–H groups in total. The van der Waals surface area contributed by atoms with Crippen LogP contribution in [0.25, 0.3) is 0 Å².